The molecule has 0 radical (unpaired) electrons. The summed E-state index contributed by atoms with van der Waals surface area (Å²) >= 11 is 0. The maximum Gasteiger partial charge on any atom is 0.192 e. The zero-order valence-corrected chi connectivity index (χ0v) is 10.2. The predicted molar refractivity (Wildman–Crippen MR) is 55.1 cm³/mol. The molecule has 0 saturated heterocycles. The Morgan fingerprint density at radius 3 is 2.15 bits per heavy atom. The molecule has 0 bridgehead atoms. The van der Waals surface area contributed by atoms with E-state index in [2.05, 4.69) is 33.9 Å². The van der Waals surface area contributed by atoms with Gasteiger partial charge in [-0.25, -0.2) is 4.39 Å². The number of rotatable bonds is 4. The fourth-order valence-corrected chi connectivity index (χ4v) is 1.60. The van der Waals surface area contributed by atoms with E-state index >= 15 is 0 Å². The normalized spacial score (nSPS) is 15.9. The molecule has 0 fully saturated rings. The first-order valence-corrected chi connectivity index (χ1v) is 7.50. The summed E-state index contributed by atoms with van der Waals surface area (Å²) in [6, 6.07) is 0. The van der Waals surface area contributed by atoms with Crippen molar-refractivity contribution >= 4 is 8.32 Å². The van der Waals surface area contributed by atoms with Crippen LogP contribution in [-0.4, -0.2) is 32.8 Å². The zero-order chi connectivity index (χ0) is 10.7. The van der Waals surface area contributed by atoms with Crippen LogP contribution >= 0.6 is 0 Å². The third-order valence-electron chi connectivity index (χ3n) is 2.63. The maximum atomic E-state index is 12.7. The lowest BCUT2D eigenvalue weighted by molar-refractivity contribution is 0.116. The molecule has 2 nitrogen and oxygen atoms in total. The number of aliphatic hydroxyl groups is 1. The van der Waals surface area contributed by atoms with Crippen LogP contribution in [0.25, 0.3) is 0 Å². The second-order valence-electron chi connectivity index (χ2n) is 4.85. The van der Waals surface area contributed by atoms with Crippen LogP contribution in [0, 0.1) is 0 Å². The fraction of sp³-hybridized carbons (Fsp3) is 1.00. The molecule has 0 heterocycles. The van der Waals surface area contributed by atoms with Crippen LogP contribution < -0.4 is 0 Å². The predicted octanol–water partition coefficient (Wildman–Crippen LogP) is 2.34. The topological polar surface area (TPSA) is 29.5 Å². The average Bonchev–Trinajstić information content (AvgIpc) is 1.98. The Bertz CT molecular complexity index is 154. The molecule has 0 saturated carbocycles. The lowest BCUT2D eigenvalue weighted by atomic mass is 10.2. The minimum Gasteiger partial charge on any atom is -0.414 e. The Labute approximate surface area is 81.2 Å². The van der Waals surface area contributed by atoms with Crippen molar-refractivity contribution in [1.29, 1.82) is 0 Å². The zero-order valence-electron chi connectivity index (χ0n) is 9.22. The molecule has 0 aliphatic rings. The number of halogens is 1. The lowest BCUT2D eigenvalue weighted by Gasteiger charge is -2.36. The molecular formula is C9H21FO2Si. The Balaban J connectivity index is 4.04. The number of aliphatic hydroxyl groups excluding tert-OH is 1. The summed E-state index contributed by atoms with van der Waals surface area (Å²) in [5.41, 5.74) is 0. The molecule has 0 aliphatic heterocycles. The highest BCUT2D eigenvalue weighted by atomic mass is 28.4. The number of alkyl halides is 1. The highest BCUT2D eigenvalue weighted by Gasteiger charge is 2.37. The van der Waals surface area contributed by atoms with Gasteiger partial charge in [0.15, 0.2) is 8.32 Å². The summed E-state index contributed by atoms with van der Waals surface area (Å²) in [5, 5.41) is 8.59. The molecule has 0 spiro atoms. The van der Waals surface area contributed by atoms with Gasteiger partial charge in [-0.15, -0.1) is 0 Å². The van der Waals surface area contributed by atoms with Crippen LogP contribution in [0.5, 0.6) is 0 Å². The molecular weight excluding hydrogens is 187 g/mol. The Kier molecular flexibility index (Phi) is 4.55. The molecule has 0 unspecified atom stereocenters. The second kappa shape index (κ2) is 4.53. The SMILES string of the molecule is CC(C)(C)[Si](C)(C)OC[C@H](F)CO. The second-order valence-corrected chi connectivity index (χ2v) is 9.66. The van der Waals surface area contributed by atoms with Gasteiger partial charge in [0, 0.05) is 0 Å². The van der Waals surface area contributed by atoms with Gasteiger partial charge in [0.05, 0.1) is 13.2 Å². The van der Waals surface area contributed by atoms with E-state index in [1.807, 2.05) is 0 Å². The monoisotopic (exact) mass is 208 g/mol. The molecule has 1 atom stereocenters. The van der Waals surface area contributed by atoms with Gasteiger partial charge < -0.3 is 9.53 Å². The fourth-order valence-electron chi connectivity index (χ4n) is 0.568. The van der Waals surface area contributed by atoms with Gasteiger partial charge in [0.25, 0.3) is 0 Å². The van der Waals surface area contributed by atoms with Crippen molar-refractivity contribution < 1.29 is 13.9 Å². The Morgan fingerprint density at radius 1 is 1.38 bits per heavy atom. The number of hydrogen-bond donors (Lipinski definition) is 1. The molecule has 13 heavy (non-hydrogen) atoms. The highest BCUT2D eigenvalue weighted by molar-refractivity contribution is 6.74. The lowest BCUT2D eigenvalue weighted by Crippen LogP contribution is -2.42. The largest absolute Gasteiger partial charge is 0.414 e. The van der Waals surface area contributed by atoms with Crippen molar-refractivity contribution in [1.82, 2.24) is 0 Å². The van der Waals surface area contributed by atoms with Crippen molar-refractivity contribution in [3.8, 4) is 0 Å². The first-order valence-electron chi connectivity index (χ1n) is 4.59. The molecule has 4 heteroatoms. The van der Waals surface area contributed by atoms with E-state index in [9.17, 15) is 4.39 Å². The van der Waals surface area contributed by atoms with E-state index in [1.54, 1.807) is 0 Å². The summed E-state index contributed by atoms with van der Waals surface area (Å²) in [5.74, 6) is 0. The molecule has 1 N–H and O–H groups in total. The van der Waals surface area contributed by atoms with E-state index in [4.69, 9.17) is 9.53 Å². The molecule has 0 aromatic rings. The quantitative estimate of drug-likeness (QED) is 0.719. The Hall–Kier alpha value is 0.0669. The van der Waals surface area contributed by atoms with Crippen LogP contribution in [0.1, 0.15) is 20.8 Å². The van der Waals surface area contributed by atoms with Gasteiger partial charge in [-0.05, 0) is 18.1 Å². The maximum absolute atomic E-state index is 12.7. The van der Waals surface area contributed by atoms with E-state index < -0.39 is 21.1 Å². The third kappa shape index (κ3) is 4.20. The smallest absolute Gasteiger partial charge is 0.192 e. The van der Waals surface area contributed by atoms with E-state index in [1.165, 1.54) is 0 Å². The van der Waals surface area contributed by atoms with Crippen LogP contribution in [0.4, 0.5) is 4.39 Å². The highest BCUT2D eigenvalue weighted by Crippen LogP contribution is 2.36. The Morgan fingerprint density at radius 2 is 1.85 bits per heavy atom. The third-order valence-corrected chi connectivity index (χ3v) is 7.13. The van der Waals surface area contributed by atoms with E-state index in [0.717, 1.165) is 0 Å². The first-order chi connectivity index (χ1) is 5.70. The van der Waals surface area contributed by atoms with Crippen molar-refractivity contribution in [2.45, 2.75) is 45.1 Å². The molecule has 0 aromatic carbocycles. The summed E-state index contributed by atoms with van der Waals surface area (Å²) in [4.78, 5) is 0. The standard InChI is InChI=1S/C9H21FO2Si/c1-9(2,3)13(4,5)12-7-8(10)6-11/h8,11H,6-7H2,1-5H3/t8-/m1/s1. The van der Waals surface area contributed by atoms with Gasteiger partial charge >= 0.3 is 0 Å². The minimum absolute atomic E-state index is 0.0208. The van der Waals surface area contributed by atoms with E-state index in [0.29, 0.717) is 0 Å². The van der Waals surface area contributed by atoms with Crippen LogP contribution in [-0.2, 0) is 4.43 Å². The van der Waals surface area contributed by atoms with Gasteiger partial charge in [0.1, 0.15) is 6.17 Å². The first kappa shape index (κ1) is 13.1. The van der Waals surface area contributed by atoms with Gasteiger partial charge in [-0.1, -0.05) is 20.8 Å². The van der Waals surface area contributed by atoms with E-state index in [-0.39, 0.29) is 11.6 Å². The molecule has 0 aliphatic carbocycles. The van der Waals surface area contributed by atoms with Gasteiger partial charge in [0.2, 0.25) is 0 Å². The van der Waals surface area contributed by atoms with Crippen molar-refractivity contribution in [2.24, 2.45) is 0 Å². The summed E-state index contributed by atoms with van der Waals surface area (Å²) < 4.78 is 18.2. The van der Waals surface area contributed by atoms with Crippen LogP contribution in [0.15, 0.2) is 0 Å². The molecule has 0 rings (SSSR count). The van der Waals surface area contributed by atoms with Gasteiger partial charge in [-0.3, -0.25) is 0 Å². The number of hydrogen-bond acceptors (Lipinski definition) is 2. The minimum atomic E-state index is -1.84. The summed E-state index contributed by atoms with van der Waals surface area (Å²) in [7, 11) is -1.84. The summed E-state index contributed by atoms with van der Waals surface area (Å²) in [6.07, 6.45) is -1.24. The van der Waals surface area contributed by atoms with Crippen LogP contribution in [0.2, 0.25) is 18.1 Å². The molecule has 0 aromatic heterocycles. The van der Waals surface area contributed by atoms with Crippen LogP contribution in [0.3, 0.4) is 0 Å². The average molecular weight is 208 g/mol. The molecule has 80 valence electrons. The van der Waals surface area contributed by atoms with Crippen molar-refractivity contribution in [3.05, 3.63) is 0 Å². The summed E-state index contributed by atoms with van der Waals surface area (Å²) in [6.45, 7) is 10.0. The van der Waals surface area contributed by atoms with Gasteiger partial charge in [-0.2, -0.15) is 0 Å². The van der Waals surface area contributed by atoms with Crippen molar-refractivity contribution in [2.75, 3.05) is 13.2 Å². The van der Waals surface area contributed by atoms with Crippen molar-refractivity contribution in [3.63, 3.8) is 0 Å². The molecule has 0 amide bonds.